The zero-order valence-corrected chi connectivity index (χ0v) is 6.94. The normalized spacial score (nSPS) is 17.9. The molecule has 0 rings (SSSR count). The van der Waals surface area contributed by atoms with E-state index in [4.69, 9.17) is 15.3 Å². The summed E-state index contributed by atoms with van der Waals surface area (Å²) in [5.74, 6) is -2.82. The van der Waals surface area contributed by atoms with E-state index in [1.807, 2.05) is 0 Å². The van der Waals surface area contributed by atoms with E-state index >= 15 is 0 Å². The predicted octanol–water partition coefficient (Wildman–Crippen LogP) is -0.0672. The van der Waals surface area contributed by atoms with Gasteiger partial charge in [-0.1, -0.05) is 6.92 Å². The van der Waals surface area contributed by atoms with Gasteiger partial charge in [0.15, 0.2) is 6.10 Å². The Morgan fingerprint density at radius 1 is 1.42 bits per heavy atom. The molecular formula is C7H12O5. The first-order chi connectivity index (χ1) is 5.36. The highest BCUT2D eigenvalue weighted by molar-refractivity contribution is 5.84. The molecule has 0 amide bonds. The molecule has 0 fully saturated rings. The van der Waals surface area contributed by atoms with Gasteiger partial charge in [-0.2, -0.15) is 0 Å². The van der Waals surface area contributed by atoms with Crippen molar-refractivity contribution in [2.75, 3.05) is 0 Å². The largest absolute Gasteiger partial charge is 0.481 e. The quantitative estimate of drug-likeness (QED) is 0.557. The summed E-state index contributed by atoms with van der Waals surface area (Å²) < 4.78 is 0. The summed E-state index contributed by atoms with van der Waals surface area (Å²) in [5.41, 5.74) is -1.61. The van der Waals surface area contributed by atoms with Crippen molar-refractivity contribution in [1.82, 2.24) is 0 Å². The fourth-order valence-corrected chi connectivity index (χ4v) is 0.734. The number of aliphatic hydroxyl groups is 1. The molecule has 0 aliphatic heterocycles. The van der Waals surface area contributed by atoms with E-state index in [2.05, 4.69) is 0 Å². The minimum atomic E-state index is -1.86. The third-order valence-corrected chi connectivity index (χ3v) is 2.06. The zero-order valence-electron chi connectivity index (χ0n) is 6.94. The van der Waals surface area contributed by atoms with Crippen LogP contribution in [0.5, 0.6) is 0 Å². The van der Waals surface area contributed by atoms with Gasteiger partial charge in [0.2, 0.25) is 0 Å². The molecule has 5 heteroatoms. The summed E-state index contributed by atoms with van der Waals surface area (Å²) in [6, 6.07) is 0. The molecular weight excluding hydrogens is 164 g/mol. The number of aliphatic hydroxyl groups excluding tert-OH is 1. The second-order valence-corrected chi connectivity index (χ2v) is 2.82. The lowest BCUT2D eigenvalue weighted by Gasteiger charge is -2.25. The Balaban J connectivity index is 4.75. The number of carboxylic acid groups (broad SMARTS) is 2. The first kappa shape index (κ1) is 10.9. The average molecular weight is 176 g/mol. The van der Waals surface area contributed by atoms with E-state index in [1.54, 1.807) is 0 Å². The summed E-state index contributed by atoms with van der Waals surface area (Å²) >= 11 is 0. The molecule has 5 nitrogen and oxygen atoms in total. The molecule has 2 atom stereocenters. The lowest BCUT2D eigenvalue weighted by molar-refractivity contribution is -0.168. The Morgan fingerprint density at radius 2 is 1.83 bits per heavy atom. The van der Waals surface area contributed by atoms with Crippen molar-refractivity contribution in [3.63, 3.8) is 0 Å². The van der Waals surface area contributed by atoms with Crippen LogP contribution in [0.25, 0.3) is 0 Å². The molecule has 0 bridgehead atoms. The Bertz CT molecular complexity index is 200. The second-order valence-electron chi connectivity index (χ2n) is 2.82. The maximum Gasteiger partial charge on any atom is 0.333 e. The lowest BCUT2D eigenvalue weighted by atomic mass is 9.82. The minimum Gasteiger partial charge on any atom is -0.481 e. The van der Waals surface area contributed by atoms with Crippen LogP contribution in [0.2, 0.25) is 0 Å². The maximum atomic E-state index is 10.6. The molecule has 0 heterocycles. The van der Waals surface area contributed by atoms with Gasteiger partial charge in [-0.15, -0.1) is 0 Å². The standard InChI is InChI=1S/C7H12O5/c1-3-7(2,6(11)12)4(8)5(9)10/h4,8H,3H2,1-2H3,(H,9,10)(H,11,12)/t4-,7-/m1/s1. The first-order valence-electron chi connectivity index (χ1n) is 3.50. The molecule has 3 N–H and O–H groups in total. The molecule has 0 radical (unpaired) electrons. The SMILES string of the molecule is CC[C@@](C)(C(=O)O)[C@H](O)C(=O)O. The van der Waals surface area contributed by atoms with Gasteiger partial charge in [0.05, 0.1) is 0 Å². The van der Waals surface area contributed by atoms with Crippen molar-refractivity contribution >= 4 is 11.9 Å². The van der Waals surface area contributed by atoms with Crippen LogP contribution in [0.15, 0.2) is 0 Å². The second kappa shape index (κ2) is 3.53. The number of hydrogen-bond donors (Lipinski definition) is 3. The summed E-state index contributed by atoms with van der Waals surface area (Å²) in [5, 5.41) is 26.0. The smallest absolute Gasteiger partial charge is 0.333 e. The van der Waals surface area contributed by atoms with Crippen molar-refractivity contribution in [2.24, 2.45) is 5.41 Å². The summed E-state index contributed by atoms with van der Waals surface area (Å²) in [7, 11) is 0. The Hall–Kier alpha value is -1.10. The number of hydrogen-bond acceptors (Lipinski definition) is 3. The van der Waals surface area contributed by atoms with Crippen LogP contribution in [-0.2, 0) is 9.59 Å². The van der Waals surface area contributed by atoms with E-state index < -0.39 is 23.5 Å². The molecule has 0 unspecified atom stereocenters. The van der Waals surface area contributed by atoms with Crippen LogP contribution in [0, 0.1) is 5.41 Å². The molecule has 0 aliphatic carbocycles. The molecule has 0 aromatic rings. The molecule has 70 valence electrons. The van der Waals surface area contributed by atoms with Crippen molar-refractivity contribution in [1.29, 1.82) is 0 Å². The fourth-order valence-electron chi connectivity index (χ4n) is 0.734. The highest BCUT2D eigenvalue weighted by Crippen LogP contribution is 2.26. The molecule has 0 aromatic carbocycles. The van der Waals surface area contributed by atoms with Gasteiger partial charge >= 0.3 is 11.9 Å². The van der Waals surface area contributed by atoms with Gasteiger partial charge in [0.25, 0.3) is 0 Å². The van der Waals surface area contributed by atoms with E-state index in [9.17, 15) is 9.59 Å². The number of carboxylic acids is 2. The van der Waals surface area contributed by atoms with E-state index in [0.717, 1.165) is 0 Å². The Kier molecular flexibility index (Phi) is 3.21. The highest BCUT2D eigenvalue weighted by atomic mass is 16.4. The zero-order chi connectivity index (χ0) is 9.94. The van der Waals surface area contributed by atoms with Gasteiger partial charge in [-0.05, 0) is 13.3 Å². The van der Waals surface area contributed by atoms with Crippen molar-refractivity contribution in [2.45, 2.75) is 26.4 Å². The van der Waals surface area contributed by atoms with E-state index in [-0.39, 0.29) is 6.42 Å². The molecule has 12 heavy (non-hydrogen) atoms. The number of aliphatic carboxylic acids is 2. The molecule has 0 saturated carbocycles. The highest BCUT2D eigenvalue weighted by Gasteiger charge is 2.43. The monoisotopic (exact) mass is 176 g/mol. The summed E-state index contributed by atoms with van der Waals surface area (Å²) in [4.78, 5) is 20.9. The van der Waals surface area contributed by atoms with Crippen molar-refractivity contribution in [3.05, 3.63) is 0 Å². The fraction of sp³-hybridized carbons (Fsp3) is 0.714. The number of rotatable bonds is 4. The van der Waals surface area contributed by atoms with Gasteiger partial charge in [-0.25, -0.2) is 4.79 Å². The Labute approximate surface area is 69.6 Å². The van der Waals surface area contributed by atoms with Gasteiger partial charge < -0.3 is 15.3 Å². The van der Waals surface area contributed by atoms with Crippen LogP contribution < -0.4 is 0 Å². The van der Waals surface area contributed by atoms with Crippen LogP contribution >= 0.6 is 0 Å². The van der Waals surface area contributed by atoms with Crippen LogP contribution in [0.1, 0.15) is 20.3 Å². The van der Waals surface area contributed by atoms with Gasteiger partial charge in [0, 0.05) is 0 Å². The molecule has 0 saturated heterocycles. The third-order valence-electron chi connectivity index (χ3n) is 2.06. The topological polar surface area (TPSA) is 94.8 Å². The van der Waals surface area contributed by atoms with Crippen LogP contribution in [0.3, 0.4) is 0 Å². The Morgan fingerprint density at radius 3 is 1.92 bits per heavy atom. The van der Waals surface area contributed by atoms with Crippen LogP contribution in [-0.4, -0.2) is 33.4 Å². The number of carbonyl (C=O) groups is 2. The van der Waals surface area contributed by atoms with Crippen LogP contribution in [0.4, 0.5) is 0 Å². The first-order valence-corrected chi connectivity index (χ1v) is 3.50. The summed E-state index contributed by atoms with van der Waals surface area (Å²) in [6.45, 7) is 2.72. The van der Waals surface area contributed by atoms with E-state index in [1.165, 1.54) is 13.8 Å². The summed E-state index contributed by atoms with van der Waals surface area (Å²) in [6.07, 6.45) is -1.80. The molecule has 0 aromatic heterocycles. The average Bonchev–Trinajstić information content (AvgIpc) is 2.01. The van der Waals surface area contributed by atoms with Gasteiger partial charge in [-0.3, -0.25) is 4.79 Å². The molecule has 0 spiro atoms. The third kappa shape index (κ3) is 1.73. The minimum absolute atomic E-state index is 0.0653. The maximum absolute atomic E-state index is 10.6. The van der Waals surface area contributed by atoms with Crippen molar-refractivity contribution in [3.8, 4) is 0 Å². The predicted molar refractivity (Wildman–Crippen MR) is 39.7 cm³/mol. The molecule has 0 aliphatic rings. The van der Waals surface area contributed by atoms with Gasteiger partial charge in [0.1, 0.15) is 5.41 Å². The lowest BCUT2D eigenvalue weighted by Crippen LogP contribution is -2.44. The van der Waals surface area contributed by atoms with Crippen molar-refractivity contribution < 1.29 is 24.9 Å². The van der Waals surface area contributed by atoms with E-state index in [0.29, 0.717) is 0 Å².